The molecule has 1 saturated heterocycles. The number of hydrogen-bond donors (Lipinski definition) is 0. The summed E-state index contributed by atoms with van der Waals surface area (Å²) >= 11 is 6.16. The van der Waals surface area contributed by atoms with Gasteiger partial charge in [-0.05, 0) is 42.8 Å². The van der Waals surface area contributed by atoms with E-state index in [1.165, 1.54) is 5.56 Å². The Morgan fingerprint density at radius 2 is 1.77 bits per heavy atom. The summed E-state index contributed by atoms with van der Waals surface area (Å²) in [5.41, 5.74) is 4.12. The zero-order valence-electron chi connectivity index (χ0n) is 16.7. The number of amides is 1. The molecule has 30 heavy (non-hydrogen) atoms. The molecule has 0 saturated carbocycles. The number of aromatic nitrogens is 2. The van der Waals surface area contributed by atoms with Gasteiger partial charge in [0.2, 0.25) is 5.91 Å². The normalized spacial score (nSPS) is 17.6. The number of imidazole rings is 1. The molecule has 2 atom stereocenters. The van der Waals surface area contributed by atoms with Crippen LogP contribution in [0.25, 0.3) is 11.0 Å². The van der Waals surface area contributed by atoms with Crippen molar-refractivity contribution in [2.75, 3.05) is 11.4 Å². The molecule has 1 aliphatic rings. The van der Waals surface area contributed by atoms with E-state index in [0.29, 0.717) is 18.0 Å². The predicted molar refractivity (Wildman–Crippen MR) is 121 cm³/mol. The molecule has 0 aliphatic carbocycles. The minimum absolute atomic E-state index is 0.0232. The van der Waals surface area contributed by atoms with E-state index in [2.05, 4.69) is 41.8 Å². The lowest BCUT2D eigenvalue weighted by molar-refractivity contribution is -0.117. The summed E-state index contributed by atoms with van der Waals surface area (Å²) in [5, 5.41) is 0.633. The van der Waals surface area contributed by atoms with Crippen LogP contribution in [0, 0.1) is 0 Å². The van der Waals surface area contributed by atoms with E-state index in [1.807, 2.05) is 53.4 Å². The maximum atomic E-state index is 12.9. The Balaban J connectivity index is 1.57. The average Bonchev–Trinajstić information content (AvgIpc) is 3.34. The molecule has 1 amide bonds. The highest BCUT2D eigenvalue weighted by Crippen LogP contribution is 2.36. The van der Waals surface area contributed by atoms with Crippen molar-refractivity contribution in [2.24, 2.45) is 0 Å². The van der Waals surface area contributed by atoms with Gasteiger partial charge < -0.3 is 9.47 Å². The minimum Gasteiger partial charge on any atom is -0.320 e. The summed E-state index contributed by atoms with van der Waals surface area (Å²) in [6, 6.07) is 26.2. The molecule has 5 heteroatoms. The number of fused-ring (bicyclic) bond motifs is 1. The van der Waals surface area contributed by atoms with Gasteiger partial charge in [0.15, 0.2) is 0 Å². The van der Waals surface area contributed by atoms with Crippen molar-refractivity contribution in [3.63, 3.8) is 0 Å². The summed E-state index contributed by atoms with van der Waals surface area (Å²) in [5.74, 6) is 1.09. The third-order valence-electron chi connectivity index (χ3n) is 5.90. The number of carbonyl (C=O) groups excluding carboxylic acids is 1. The molecule has 1 fully saturated rings. The molecular formula is C25H22ClN3O. The summed E-state index contributed by atoms with van der Waals surface area (Å²) in [4.78, 5) is 19.7. The van der Waals surface area contributed by atoms with Crippen molar-refractivity contribution < 1.29 is 4.79 Å². The first-order chi connectivity index (χ1) is 14.6. The van der Waals surface area contributed by atoms with Gasteiger partial charge in [0.1, 0.15) is 5.82 Å². The van der Waals surface area contributed by atoms with Gasteiger partial charge >= 0.3 is 0 Å². The van der Waals surface area contributed by atoms with Gasteiger partial charge in [-0.1, -0.05) is 60.1 Å². The fourth-order valence-corrected chi connectivity index (χ4v) is 4.60. The molecule has 0 bridgehead atoms. The first-order valence-corrected chi connectivity index (χ1v) is 10.6. The van der Waals surface area contributed by atoms with Gasteiger partial charge in [0.05, 0.1) is 17.1 Å². The van der Waals surface area contributed by atoms with Crippen molar-refractivity contribution in [2.45, 2.75) is 25.3 Å². The third kappa shape index (κ3) is 3.27. The zero-order valence-corrected chi connectivity index (χ0v) is 17.5. The van der Waals surface area contributed by atoms with Crippen LogP contribution in [0.1, 0.15) is 36.7 Å². The number of carbonyl (C=O) groups is 1. The fraction of sp³-hybridized carbons (Fsp3) is 0.200. The topological polar surface area (TPSA) is 38.1 Å². The highest BCUT2D eigenvalue weighted by Gasteiger charge is 2.35. The minimum atomic E-state index is 0.0232. The number of nitrogens with zero attached hydrogens (tertiary/aromatic N) is 3. The van der Waals surface area contributed by atoms with Crippen LogP contribution in [0.3, 0.4) is 0 Å². The number of halogens is 1. The van der Waals surface area contributed by atoms with Gasteiger partial charge in [0.25, 0.3) is 0 Å². The van der Waals surface area contributed by atoms with E-state index >= 15 is 0 Å². The maximum absolute atomic E-state index is 12.9. The fourth-order valence-electron chi connectivity index (χ4n) is 4.41. The van der Waals surface area contributed by atoms with Gasteiger partial charge in [-0.2, -0.15) is 0 Å². The number of hydrogen-bond acceptors (Lipinski definition) is 2. The summed E-state index contributed by atoms with van der Waals surface area (Å²) < 4.78 is 2.30. The molecule has 0 radical (unpaired) electrons. The molecule has 4 nitrogen and oxygen atoms in total. The number of anilines is 1. The lowest BCUT2D eigenvalue weighted by Crippen LogP contribution is -2.24. The molecule has 2 unspecified atom stereocenters. The number of rotatable bonds is 4. The largest absolute Gasteiger partial charge is 0.320 e. The molecule has 1 aliphatic heterocycles. The van der Waals surface area contributed by atoms with Crippen molar-refractivity contribution in [1.82, 2.24) is 9.55 Å². The van der Waals surface area contributed by atoms with E-state index in [-0.39, 0.29) is 17.9 Å². The third-order valence-corrected chi connectivity index (χ3v) is 6.14. The van der Waals surface area contributed by atoms with Crippen LogP contribution < -0.4 is 4.90 Å². The molecule has 4 aromatic rings. The highest BCUT2D eigenvalue weighted by atomic mass is 35.5. The summed E-state index contributed by atoms with van der Waals surface area (Å²) in [6.45, 7) is 2.79. The van der Waals surface area contributed by atoms with E-state index in [0.717, 1.165) is 22.5 Å². The first-order valence-electron chi connectivity index (χ1n) is 10.2. The number of para-hydroxylation sites is 2. The molecule has 0 spiro atoms. The van der Waals surface area contributed by atoms with E-state index in [4.69, 9.17) is 16.6 Å². The van der Waals surface area contributed by atoms with Crippen LogP contribution in [0.4, 0.5) is 5.69 Å². The second-order valence-corrected chi connectivity index (χ2v) is 8.24. The van der Waals surface area contributed by atoms with Crippen LogP contribution in [0.15, 0.2) is 78.9 Å². The average molecular weight is 416 g/mol. The second kappa shape index (κ2) is 7.62. The number of benzene rings is 3. The lowest BCUT2D eigenvalue weighted by atomic mass is 10.0. The Kier molecular flexibility index (Phi) is 4.80. The highest BCUT2D eigenvalue weighted by molar-refractivity contribution is 6.30. The Bertz CT molecular complexity index is 1220. The summed E-state index contributed by atoms with van der Waals surface area (Å²) in [7, 11) is 0. The molecule has 1 aromatic heterocycles. The molecule has 3 aromatic carbocycles. The first kappa shape index (κ1) is 18.9. The van der Waals surface area contributed by atoms with Crippen molar-refractivity contribution in [3.8, 4) is 0 Å². The molecule has 2 heterocycles. The van der Waals surface area contributed by atoms with Gasteiger partial charge in [-0.3, -0.25) is 4.79 Å². The van der Waals surface area contributed by atoms with E-state index in [1.54, 1.807) is 0 Å². The summed E-state index contributed by atoms with van der Waals surface area (Å²) in [6.07, 6.45) is 0.442. The van der Waals surface area contributed by atoms with Gasteiger partial charge in [0, 0.05) is 29.6 Å². The Morgan fingerprint density at radius 1 is 1.00 bits per heavy atom. The van der Waals surface area contributed by atoms with Gasteiger partial charge in [-0.15, -0.1) is 0 Å². The standard InChI is InChI=1S/C25H22ClN3O/c1-17(18-8-3-2-4-9-18)29-23-13-6-5-12-22(23)27-25(29)19-14-24(30)28(16-19)21-11-7-10-20(26)15-21/h2-13,15,17,19H,14,16H2,1H3. The maximum Gasteiger partial charge on any atom is 0.227 e. The van der Waals surface area contributed by atoms with Crippen LogP contribution in [-0.2, 0) is 4.79 Å². The quantitative estimate of drug-likeness (QED) is 0.421. The Labute approximate surface area is 180 Å². The predicted octanol–water partition coefficient (Wildman–Crippen LogP) is 5.82. The Morgan fingerprint density at radius 3 is 2.57 bits per heavy atom. The van der Waals surface area contributed by atoms with Crippen molar-refractivity contribution in [3.05, 3.63) is 95.3 Å². The second-order valence-electron chi connectivity index (χ2n) is 7.80. The van der Waals surface area contributed by atoms with E-state index < -0.39 is 0 Å². The molecule has 0 N–H and O–H groups in total. The zero-order chi connectivity index (χ0) is 20.7. The van der Waals surface area contributed by atoms with Crippen LogP contribution in [0.2, 0.25) is 5.02 Å². The molecular weight excluding hydrogens is 394 g/mol. The molecule has 5 rings (SSSR count). The monoisotopic (exact) mass is 415 g/mol. The Hall–Kier alpha value is -3.11. The van der Waals surface area contributed by atoms with Crippen molar-refractivity contribution in [1.29, 1.82) is 0 Å². The van der Waals surface area contributed by atoms with Crippen LogP contribution in [-0.4, -0.2) is 22.0 Å². The van der Waals surface area contributed by atoms with Crippen LogP contribution >= 0.6 is 11.6 Å². The lowest BCUT2D eigenvalue weighted by Gasteiger charge is -2.21. The van der Waals surface area contributed by atoms with Crippen LogP contribution in [0.5, 0.6) is 0 Å². The molecule has 150 valence electrons. The van der Waals surface area contributed by atoms with Crippen molar-refractivity contribution >= 4 is 34.2 Å². The smallest absolute Gasteiger partial charge is 0.227 e. The van der Waals surface area contributed by atoms with Gasteiger partial charge in [-0.25, -0.2) is 4.98 Å². The SMILES string of the molecule is CC(c1ccccc1)n1c(C2CC(=O)N(c3cccc(Cl)c3)C2)nc2ccccc21. The van der Waals surface area contributed by atoms with E-state index in [9.17, 15) is 4.79 Å².